The van der Waals surface area contributed by atoms with Crippen LogP contribution in [0.2, 0.25) is 0 Å². The molecule has 0 bridgehead atoms. The van der Waals surface area contributed by atoms with Crippen molar-refractivity contribution in [2.75, 3.05) is 0 Å². The second kappa shape index (κ2) is 14.3. The van der Waals surface area contributed by atoms with Crippen LogP contribution in [0, 0.1) is 0 Å². The van der Waals surface area contributed by atoms with E-state index in [-0.39, 0.29) is 0 Å². The molecule has 0 nitrogen and oxygen atoms in total. The molecule has 0 heteroatoms. The van der Waals surface area contributed by atoms with Crippen molar-refractivity contribution in [2.45, 2.75) is 31.1 Å². The van der Waals surface area contributed by atoms with Crippen molar-refractivity contribution >= 4 is 0 Å². The molecule has 0 aliphatic rings. The number of hydrogen-bond donors (Lipinski definition) is 0. The van der Waals surface area contributed by atoms with Crippen LogP contribution >= 0.6 is 0 Å². The van der Waals surface area contributed by atoms with Crippen LogP contribution in [0.15, 0.2) is 194 Å². The van der Waals surface area contributed by atoms with Crippen LogP contribution in [0.25, 0.3) is 0 Å². The standard InChI is InChI=1S/C47H40/c1-7-19-37(20-8-1)33-41-31-32-46(45(35-39-23-11-3-12-24-39)44(41)34-38-21-9-2-10-22-38)47(42-27-15-5-16-28-42,43-29-17-6-18-30-43)36-40-25-13-4-14-26-40/h1-32H,33-36H2. The summed E-state index contributed by atoms with van der Waals surface area (Å²) in [5, 5.41) is 0. The van der Waals surface area contributed by atoms with Crippen LogP contribution in [-0.4, -0.2) is 0 Å². The van der Waals surface area contributed by atoms with Crippen LogP contribution < -0.4 is 0 Å². The molecule has 0 spiro atoms. The molecule has 0 amide bonds. The molecule has 0 atom stereocenters. The molecule has 7 aromatic rings. The largest absolute Gasteiger partial charge is 0.0622 e. The maximum atomic E-state index is 2.47. The zero-order chi connectivity index (χ0) is 31.7. The lowest BCUT2D eigenvalue weighted by atomic mass is 9.63. The summed E-state index contributed by atoms with van der Waals surface area (Å²) in [5.41, 5.74) is 13.2. The van der Waals surface area contributed by atoms with Crippen molar-refractivity contribution in [3.8, 4) is 0 Å². The molecule has 0 aliphatic heterocycles. The maximum Gasteiger partial charge on any atom is 0.0494 e. The highest BCUT2D eigenvalue weighted by Crippen LogP contribution is 2.45. The van der Waals surface area contributed by atoms with Crippen LogP contribution in [0.1, 0.15) is 55.6 Å². The topological polar surface area (TPSA) is 0 Å². The Morgan fingerprint density at radius 1 is 0.298 bits per heavy atom. The zero-order valence-corrected chi connectivity index (χ0v) is 26.8. The quantitative estimate of drug-likeness (QED) is 0.129. The zero-order valence-electron chi connectivity index (χ0n) is 26.8. The molecule has 0 aromatic heterocycles. The molecule has 0 N–H and O–H groups in total. The third-order valence-corrected chi connectivity index (χ3v) is 9.52. The third kappa shape index (κ3) is 6.74. The summed E-state index contributed by atoms with van der Waals surface area (Å²) in [6, 6.07) is 71.3. The van der Waals surface area contributed by atoms with E-state index >= 15 is 0 Å². The van der Waals surface area contributed by atoms with E-state index in [0.29, 0.717) is 0 Å². The van der Waals surface area contributed by atoms with Crippen LogP contribution in [0.5, 0.6) is 0 Å². The molecular formula is C47H40. The lowest BCUT2D eigenvalue weighted by Gasteiger charge is -2.39. The predicted octanol–water partition coefficient (Wildman–Crippen LogP) is 11.0. The SMILES string of the molecule is c1ccc(Cc2ccc(C(Cc3ccccc3)(c3ccccc3)c3ccccc3)c(Cc3ccccc3)c2Cc2ccccc2)cc1. The van der Waals surface area contributed by atoms with Crippen molar-refractivity contribution < 1.29 is 0 Å². The first-order valence-electron chi connectivity index (χ1n) is 16.7. The Labute approximate surface area is 280 Å². The fourth-order valence-corrected chi connectivity index (χ4v) is 7.27. The Kier molecular flexibility index (Phi) is 9.20. The van der Waals surface area contributed by atoms with Crippen molar-refractivity contribution in [3.05, 3.63) is 250 Å². The van der Waals surface area contributed by atoms with Gasteiger partial charge in [-0.2, -0.15) is 0 Å². The minimum atomic E-state index is -0.412. The molecule has 0 saturated carbocycles. The number of benzene rings is 7. The van der Waals surface area contributed by atoms with Gasteiger partial charge in [-0.3, -0.25) is 0 Å². The fourth-order valence-electron chi connectivity index (χ4n) is 7.27. The van der Waals surface area contributed by atoms with Gasteiger partial charge in [0.05, 0.1) is 0 Å². The predicted molar refractivity (Wildman–Crippen MR) is 197 cm³/mol. The summed E-state index contributed by atoms with van der Waals surface area (Å²) in [5.74, 6) is 0. The fraction of sp³-hybridized carbons (Fsp3) is 0.106. The van der Waals surface area contributed by atoms with Gasteiger partial charge in [-0.1, -0.05) is 194 Å². The third-order valence-electron chi connectivity index (χ3n) is 9.52. The summed E-state index contributed by atoms with van der Waals surface area (Å²) in [6.07, 6.45) is 3.49. The van der Waals surface area contributed by atoms with E-state index in [4.69, 9.17) is 0 Å². The van der Waals surface area contributed by atoms with Crippen LogP contribution in [0.3, 0.4) is 0 Å². The summed E-state index contributed by atoms with van der Waals surface area (Å²) in [4.78, 5) is 0. The van der Waals surface area contributed by atoms with E-state index in [9.17, 15) is 0 Å². The molecule has 0 fully saturated rings. The summed E-state index contributed by atoms with van der Waals surface area (Å²) < 4.78 is 0. The molecule has 228 valence electrons. The average molecular weight is 605 g/mol. The number of hydrogen-bond acceptors (Lipinski definition) is 0. The Morgan fingerprint density at radius 3 is 1.11 bits per heavy atom. The van der Waals surface area contributed by atoms with Crippen molar-refractivity contribution in [2.24, 2.45) is 0 Å². The van der Waals surface area contributed by atoms with Crippen LogP contribution in [0.4, 0.5) is 0 Å². The van der Waals surface area contributed by atoms with E-state index in [0.717, 1.165) is 25.7 Å². The molecule has 0 radical (unpaired) electrons. The van der Waals surface area contributed by atoms with E-state index in [2.05, 4.69) is 194 Å². The van der Waals surface area contributed by atoms with Gasteiger partial charge in [0.25, 0.3) is 0 Å². The first-order valence-corrected chi connectivity index (χ1v) is 16.7. The Bertz CT molecular complexity index is 1940. The van der Waals surface area contributed by atoms with Crippen LogP contribution in [-0.2, 0) is 31.1 Å². The van der Waals surface area contributed by atoms with Gasteiger partial charge >= 0.3 is 0 Å². The number of rotatable bonds is 11. The van der Waals surface area contributed by atoms with Gasteiger partial charge in [-0.15, -0.1) is 0 Å². The Morgan fingerprint density at radius 2 is 0.660 bits per heavy atom. The minimum Gasteiger partial charge on any atom is -0.0622 e. The van der Waals surface area contributed by atoms with E-state index in [1.54, 1.807) is 0 Å². The molecule has 0 aliphatic carbocycles. The minimum absolute atomic E-state index is 0.412. The van der Waals surface area contributed by atoms with Crippen molar-refractivity contribution in [1.29, 1.82) is 0 Å². The highest BCUT2D eigenvalue weighted by Gasteiger charge is 2.39. The lowest BCUT2D eigenvalue weighted by molar-refractivity contribution is 0.605. The average Bonchev–Trinajstić information content (AvgIpc) is 3.14. The molecule has 0 heterocycles. The highest BCUT2D eigenvalue weighted by molar-refractivity contribution is 5.59. The van der Waals surface area contributed by atoms with E-state index in [1.807, 2.05) is 0 Å². The van der Waals surface area contributed by atoms with Crippen molar-refractivity contribution in [3.63, 3.8) is 0 Å². The normalized spacial score (nSPS) is 11.3. The van der Waals surface area contributed by atoms with Gasteiger partial charge in [-0.05, 0) is 81.3 Å². The molecule has 7 rings (SSSR count). The monoisotopic (exact) mass is 604 g/mol. The maximum absolute atomic E-state index is 2.47. The van der Waals surface area contributed by atoms with E-state index < -0.39 is 5.41 Å². The first kappa shape index (κ1) is 30.2. The van der Waals surface area contributed by atoms with Gasteiger partial charge in [-0.25, -0.2) is 0 Å². The highest BCUT2D eigenvalue weighted by atomic mass is 14.4. The first-order chi connectivity index (χ1) is 23.3. The van der Waals surface area contributed by atoms with Gasteiger partial charge in [0, 0.05) is 5.41 Å². The Balaban J connectivity index is 1.55. The molecule has 7 aromatic carbocycles. The molecule has 0 unspecified atom stereocenters. The van der Waals surface area contributed by atoms with Gasteiger partial charge < -0.3 is 0 Å². The molecule has 0 saturated heterocycles. The van der Waals surface area contributed by atoms with Gasteiger partial charge in [0.1, 0.15) is 0 Å². The summed E-state index contributed by atoms with van der Waals surface area (Å²) in [7, 11) is 0. The van der Waals surface area contributed by atoms with Gasteiger partial charge in [0.2, 0.25) is 0 Å². The Hall–Kier alpha value is -5.46. The summed E-state index contributed by atoms with van der Waals surface area (Å²) >= 11 is 0. The second-order valence-electron chi connectivity index (χ2n) is 12.5. The second-order valence-corrected chi connectivity index (χ2v) is 12.5. The smallest absolute Gasteiger partial charge is 0.0494 e. The summed E-state index contributed by atoms with van der Waals surface area (Å²) in [6.45, 7) is 0. The van der Waals surface area contributed by atoms with Crippen molar-refractivity contribution in [1.82, 2.24) is 0 Å². The lowest BCUT2D eigenvalue weighted by Crippen LogP contribution is -2.34. The van der Waals surface area contributed by atoms with Gasteiger partial charge in [0.15, 0.2) is 0 Å². The van der Waals surface area contributed by atoms with E-state index in [1.165, 1.54) is 55.6 Å². The molecule has 47 heavy (non-hydrogen) atoms. The molecular weight excluding hydrogens is 565 g/mol.